The molecule has 0 spiro atoms. The van der Waals surface area contributed by atoms with E-state index < -0.39 is 11.4 Å². The van der Waals surface area contributed by atoms with Crippen LogP contribution in [0.25, 0.3) is 0 Å². The molecule has 4 heteroatoms. The summed E-state index contributed by atoms with van der Waals surface area (Å²) >= 11 is 0. The molecule has 0 aromatic heterocycles. The van der Waals surface area contributed by atoms with Gasteiger partial charge in [0.15, 0.2) is 0 Å². The fraction of sp³-hybridized carbons (Fsp3) is 0.957. The number of hydrogen-bond acceptors (Lipinski definition) is 3. The van der Waals surface area contributed by atoms with Crippen LogP contribution in [0.5, 0.6) is 0 Å². The molecule has 0 rings (SSSR count). The number of quaternary nitrogens is 1. The van der Waals surface area contributed by atoms with Gasteiger partial charge in [0.1, 0.15) is 0 Å². The zero-order valence-electron chi connectivity index (χ0n) is 18.9. The highest BCUT2D eigenvalue weighted by Gasteiger charge is 2.31. The zero-order valence-corrected chi connectivity index (χ0v) is 18.9. The third kappa shape index (κ3) is 14.1. The number of carbonyl (C=O) groups excluding carboxylic acids is 1. The van der Waals surface area contributed by atoms with E-state index >= 15 is 0 Å². The third-order valence-electron chi connectivity index (χ3n) is 6.18. The number of carbonyl (C=O) groups is 1. The monoisotopic (exact) mass is 387 g/mol. The summed E-state index contributed by atoms with van der Waals surface area (Å²) < 4.78 is 0. The molecular formula is C23H49NO3. The number of aliphatic carboxylic acids is 1. The van der Waals surface area contributed by atoms with E-state index in [4.69, 9.17) is 5.11 Å². The van der Waals surface area contributed by atoms with E-state index in [9.17, 15) is 9.90 Å². The number of rotatable bonds is 19. The molecule has 0 aliphatic heterocycles. The quantitative estimate of drug-likeness (QED) is 0.266. The van der Waals surface area contributed by atoms with Crippen LogP contribution >= 0.6 is 0 Å². The fourth-order valence-corrected chi connectivity index (χ4v) is 3.75. The Bertz CT molecular complexity index is 336. The Morgan fingerprint density at radius 2 is 1.22 bits per heavy atom. The second-order valence-corrected chi connectivity index (χ2v) is 8.46. The van der Waals surface area contributed by atoms with Crippen molar-refractivity contribution < 1.29 is 15.0 Å². The molecule has 0 saturated heterocycles. The van der Waals surface area contributed by atoms with Gasteiger partial charge in [0, 0.05) is 18.0 Å². The molecule has 164 valence electrons. The lowest BCUT2D eigenvalue weighted by atomic mass is 9.73. The van der Waals surface area contributed by atoms with Crippen molar-refractivity contribution in [1.82, 2.24) is 6.15 Å². The van der Waals surface area contributed by atoms with Gasteiger partial charge in [-0.2, -0.15) is 0 Å². The summed E-state index contributed by atoms with van der Waals surface area (Å²) in [7, 11) is 0. The second kappa shape index (κ2) is 18.7. The first-order valence-electron chi connectivity index (χ1n) is 11.3. The molecule has 0 saturated carbocycles. The first-order valence-corrected chi connectivity index (χ1v) is 11.3. The van der Waals surface area contributed by atoms with E-state index in [2.05, 4.69) is 6.92 Å². The molecule has 0 aromatic rings. The van der Waals surface area contributed by atoms with Crippen LogP contribution in [0.3, 0.4) is 0 Å². The maximum atomic E-state index is 11.4. The van der Waals surface area contributed by atoms with E-state index in [-0.39, 0.29) is 25.1 Å². The Hall–Kier alpha value is -0.610. The average molecular weight is 388 g/mol. The smallest absolute Gasteiger partial charge is 0.0477 e. The van der Waals surface area contributed by atoms with Crippen molar-refractivity contribution in [2.75, 3.05) is 6.61 Å². The van der Waals surface area contributed by atoms with Crippen molar-refractivity contribution in [2.24, 2.45) is 11.3 Å². The van der Waals surface area contributed by atoms with Crippen LogP contribution in [0.2, 0.25) is 0 Å². The van der Waals surface area contributed by atoms with Gasteiger partial charge in [-0.05, 0) is 18.8 Å². The summed E-state index contributed by atoms with van der Waals surface area (Å²) in [6.45, 7) is 5.87. The lowest BCUT2D eigenvalue weighted by Gasteiger charge is -2.36. The normalized spacial score (nSPS) is 14.4. The molecular weight excluding hydrogens is 338 g/mol. The molecule has 0 amide bonds. The molecule has 5 N–H and O–H groups in total. The minimum absolute atomic E-state index is 0. The molecule has 0 radical (unpaired) electrons. The van der Waals surface area contributed by atoms with Crippen LogP contribution in [0.15, 0.2) is 0 Å². The predicted octanol–water partition coefficient (Wildman–Crippen LogP) is 6.01. The Morgan fingerprint density at radius 1 is 0.852 bits per heavy atom. The van der Waals surface area contributed by atoms with Gasteiger partial charge in [0.05, 0.1) is 0 Å². The standard InChI is InChI=1S/C23H46O3.H3N/c1-4-5-6-7-8-9-10-11-12-13-14-15-16-17-18-21(2)23(3,19-20-24)22(25)26;/h21,24H,4-20H2,1-3H3,(H,25,26);1H3. The molecule has 0 aliphatic carbocycles. The van der Waals surface area contributed by atoms with Crippen LogP contribution in [-0.4, -0.2) is 17.7 Å². The average Bonchev–Trinajstić information content (AvgIpc) is 2.61. The molecule has 27 heavy (non-hydrogen) atoms. The van der Waals surface area contributed by atoms with Gasteiger partial charge < -0.3 is 21.2 Å². The minimum Gasteiger partial charge on any atom is -0.550 e. The first kappa shape index (κ1) is 28.6. The molecule has 0 aromatic carbocycles. The molecule has 0 bridgehead atoms. The van der Waals surface area contributed by atoms with Crippen LogP contribution in [0, 0.1) is 11.3 Å². The topological polar surface area (TPSA) is 96.9 Å². The number of hydrogen-bond donors (Lipinski definition) is 2. The Morgan fingerprint density at radius 3 is 1.56 bits per heavy atom. The predicted molar refractivity (Wildman–Crippen MR) is 115 cm³/mol. The SMILES string of the molecule is CCCCCCCCCCCCCCCCC(C)C(C)(CCO)C(=O)[O-].[NH4+]. The van der Waals surface area contributed by atoms with Crippen LogP contribution in [0.4, 0.5) is 0 Å². The van der Waals surface area contributed by atoms with Crippen molar-refractivity contribution >= 4 is 5.97 Å². The summed E-state index contributed by atoms with van der Waals surface area (Å²) in [5, 5.41) is 20.5. The van der Waals surface area contributed by atoms with Crippen LogP contribution in [0.1, 0.15) is 124 Å². The second-order valence-electron chi connectivity index (χ2n) is 8.46. The summed E-state index contributed by atoms with van der Waals surface area (Å²) in [6, 6.07) is 0. The van der Waals surface area contributed by atoms with Crippen molar-refractivity contribution in [2.45, 2.75) is 124 Å². The van der Waals surface area contributed by atoms with Crippen LogP contribution < -0.4 is 11.3 Å². The maximum absolute atomic E-state index is 11.4. The molecule has 2 atom stereocenters. The molecule has 4 nitrogen and oxygen atoms in total. The molecule has 0 fully saturated rings. The number of aliphatic hydroxyl groups excluding tert-OH is 1. The summed E-state index contributed by atoms with van der Waals surface area (Å²) in [5.74, 6) is -0.971. The van der Waals surface area contributed by atoms with Crippen molar-refractivity contribution in [3.8, 4) is 0 Å². The molecule has 0 heterocycles. The van der Waals surface area contributed by atoms with E-state index in [0.29, 0.717) is 0 Å². The lowest BCUT2D eigenvalue weighted by Crippen LogP contribution is -2.45. The fourth-order valence-electron chi connectivity index (χ4n) is 3.75. The van der Waals surface area contributed by atoms with Gasteiger partial charge in [-0.15, -0.1) is 0 Å². The molecule has 2 unspecified atom stereocenters. The summed E-state index contributed by atoms with van der Waals surface area (Å²) in [5.41, 5.74) is -0.898. The highest BCUT2D eigenvalue weighted by Crippen LogP contribution is 2.34. The zero-order chi connectivity index (χ0) is 19.7. The van der Waals surface area contributed by atoms with E-state index in [1.165, 1.54) is 83.5 Å². The van der Waals surface area contributed by atoms with Gasteiger partial charge in [-0.1, -0.05) is 111 Å². The first-order chi connectivity index (χ1) is 12.5. The van der Waals surface area contributed by atoms with Crippen LogP contribution in [-0.2, 0) is 4.79 Å². The van der Waals surface area contributed by atoms with Gasteiger partial charge in [-0.3, -0.25) is 0 Å². The van der Waals surface area contributed by atoms with Gasteiger partial charge >= 0.3 is 0 Å². The summed E-state index contributed by atoms with van der Waals surface area (Å²) in [4.78, 5) is 11.4. The van der Waals surface area contributed by atoms with Crippen molar-refractivity contribution in [1.29, 1.82) is 0 Å². The number of unbranched alkanes of at least 4 members (excludes halogenated alkanes) is 13. The van der Waals surface area contributed by atoms with Gasteiger partial charge in [0.2, 0.25) is 0 Å². The number of carboxylic acid groups (broad SMARTS) is 1. The Balaban J connectivity index is 0. The van der Waals surface area contributed by atoms with Gasteiger partial charge in [0.25, 0.3) is 0 Å². The van der Waals surface area contributed by atoms with Gasteiger partial charge in [-0.25, -0.2) is 0 Å². The van der Waals surface area contributed by atoms with Crippen molar-refractivity contribution in [3.63, 3.8) is 0 Å². The Labute approximate surface area is 169 Å². The Kier molecular flexibility index (Phi) is 19.8. The summed E-state index contributed by atoms with van der Waals surface area (Å²) in [6.07, 6.45) is 19.9. The highest BCUT2D eigenvalue weighted by molar-refractivity contribution is 5.72. The number of carboxylic acids is 1. The highest BCUT2D eigenvalue weighted by atomic mass is 16.4. The van der Waals surface area contributed by atoms with E-state index in [1.54, 1.807) is 6.92 Å². The van der Waals surface area contributed by atoms with E-state index in [0.717, 1.165) is 12.8 Å². The number of aliphatic hydroxyl groups is 1. The van der Waals surface area contributed by atoms with E-state index in [1.807, 2.05) is 6.92 Å². The largest absolute Gasteiger partial charge is 0.550 e. The van der Waals surface area contributed by atoms with Crippen molar-refractivity contribution in [3.05, 3.63) is 0 Å². The maximum Gasteiger partial charge on any atom is 0.0477 e. The molecule has 0 aliphatic rings. The minimum atomic E-state index is -1.02. The third-order valence-corrected chi connectivity index (χ3v) is 6.18. The lowest BCUT2D eigenvalue weighted by molar-refractivity contribution is -0.321.